The zero-order valence-corrected chi connectivity index (χ0v) is 25.0. The number of hydrogen-bond acceptors (Lipinski definition) is 5. The summed E-state index contributed by atoms with van der Waals surface area (Å²) in [5.74, 6) is -2.14. The van der Waals surface area contributed by atoms with Crippen molar-refractivity contribution in [2.45, 2.75) is 69.6 Å². The minimum atomic E-state index is -5.14. The van der Waals surface area contributed by atoms with Gasteiger partial charge >= 0.3 is 18.3 Å². The molecular formula is C33H33F7N2O4. The molecule has 0 bridgehead atoms. The summed E-state index contributed by atoms with van der Waals surface area (Å²) in [6, 6.07) is 6.70. The fraction of sp³-hybridized carbons (Fsp3) is 0.424. The van der Waals surface area contributed by atoms with E-state index in [1.807, 2.05) is 0 Å². The number of aliphatic carboxylic acids is 1. The predicted octanol–water partition coefficient (Wildman–Crippen LogP) is 7.91. The first-order valence-corrected chi connectivity index (χ1v) is 14.6. The molecule has 0 radical (unpaired) electrons. The Balaban J connectivity index is 1.66. The van der Waals surface area contributed by atoms with Crippen LogP contribution in [-0.2, 0) is 27.4 Å². The van der Waals surface area contributed by atoms with Crippen LogP contribution >= 0.6 is 0 Å². The number of nitrogens with zero attached hydrogens (tertiary/aromatic N) is 1. The Kier molecular flexibility index (Phi) is 10.1. The predicted molar refractivity (Wildman–Crippen MR) is 156 cm³/mol. The van der Waals surface area contributed by atoms with E-state index in [9.17, 15) is 45.4 Å². The van der Waals surface area contributed by atoms with E-state index in [4.69, 9.17) is 5.11 Å². The summed E-state index contributed by atoms with van der Waals surface area (Å²) in [7, 11) is 0. The van der Waals surface area contributed by atoms with E-state index in [-0.39, 0.29) is 24.3 Å². The van der Waals surface area contributed by atoms with E-state index >= 15 is 0 Å². The van der Waals surface area contributed by atoms with Gasteiger partial charge in [-0.05, 0) is 98.5 Å². The van der Waals surface area contributed by atoms with Gasteiger partial charge in [-0.3, -0.25) is 14.6 Å². The largest absolute Gasteiger partial charge is 0.481 e. The summed E-state index contributed by atoms with van der Waals surface area (Å²) in [5.41, 5.74) is -3.32. The van der Waals surface area contributed by atoms with Crippen molar-refractivity contribution in [2.75, 3.05) is 18.5 Å². The van der Waals surface area contributed by atoms with E-state index in [0.29, 0.717) is 65.9 Å². The lowest BCUT2D eigenvalue weighted by molar-refractivity contribution is -0.143. The van der Waals surface area contributed by atoms with Crippen molar-refractivity contribution >= 4 is 17.4 Å². The molecule has 248 valence electrons. The molecule has 6 nitrogen and oxygen atoms in total. The molecule has 1 aromatic heterocycles. The van der Waals surface area contributed by atoms with Gasteiger partial charge in [-0.2, -0.15) is 26.3 Å². The van der Waals surface area contributed by atoms with Gasteiger partial charge in [0.05, 0.1) is 41.6 Å². The van der Waals surface area contributed by atoms with E-state index in [1.165, 1.54) is 18.3 Å². The molecule has 1 atom stereocenters. The second kappa shape index (κ2) is 13.4. The minimum absolute atomic E-state index is 0.0154. The van der Waals surface area contributed by atoms with E-state index in [2.05, 4.69) is 10.3 Å². The highest BCUT2D eigenvalue weighted by atomic mass is 19.4. The molecule has 1 saturated carbocycles. The van der Waals surface area contributed by atoms with Gasteiger partial charge < -0.3 is 15.5 Å². The van der Waals surface area contributed by atoms with E-state index in [1.54, 1.807) is 19.1 Å². The van der Waals surface area contributed by atoms with Gasteiger partial charge in [-0.15, -0.1) is 0 Å². The Labute approximate surface area is 260 Å². The molecule has 3 aromatic rings. The third kappa shape index (κ3) is 7.86. The molecule has 2 aromatic carbocycles. The number of carboxylic acids is 1. The van der Waals surface area contributed by atoms with Crippen molar-refractivity contribution in [3.8, 4) is 11.1 Å². The molecule has 4 rings (SSSR count). The monoisotopic (exact) mass is 654 g/mol. The first kappa shape index (κ1) is 34.9. The molecule has 1 fully saturated rings. The van der Waals surface area contributed by atoms with Gasteiger partial charge in [0, 0.05) is 23.6 Å². The molecule has 13 heteroatoms. The second-order valence-corrected chi connectivity index (χ2v) is 12.0. The van der Waals surface area contributed by atoms with Gasteiger partial charge in [0.2, 0.25) is 0 Å². The lowest BCUT2D eigenvalue weighted by Gasteiger charge is -2.29. The molecule has 0 saturated heterocycles. The van der Waals surface area contributed by atoms with Crippen molar-refractivity contribution in [2.24, 2.45) is 5.92 Å². The average Bonchev–Trinajstić information content (AvgIpc) is 2.98. The maximum absolute atomic E-state index is 14.0. The fourth-order valence-corrected chi connectivity index (χ4v) is 5.88. The van der Waals surface area contributed by atoms with Crippen LogP contribution in [0, 0.1) is 18.7 Å². The highest BCUT2D eigenvalue weighted by molar-refractivity contribution is 5.94. The van der Waals surface area contributed by atoms with Crippen LogP contribution < -0.4 is 5.32 Å². The first-order valence-electron chi connectivity index (χ1n) is 14.6. The van der Waals surface area contributed by atoms with Crippen molar-refractivity contribution in [3.05, 3.63) is 82.4 Å². The summed E-state index contributed by atoms with van der Waals surface area (Å²) in [5, 5.41) is 22.2. The number of carbonyl (C=O) groups is 2. The molecule has 1 heterocycles. The van der Waals surface area contributed by atoms with Crippen LogP contribution in [0.3, 0.4) is 0 Å². The van der Waals surface area contributed by atoms with Crippen molar-refractivity contribution in [3.63, 3.8) is 0 Å². The number of alkyl halides is 6. The molecule has 0 aliphatic heterocycles. The fourth-order valence-electron chi connectivity index (χ4n) is 5.88. The number of pyridine rings is 1. The van der Waals surface area contributed by atoms with Crippen LogP contribution in [0.15, 0.2) is 48.7 Å². The Hall–Kier alpha value is -4.00. The number of nitrogens with one attached hydrogen (secondary N) is 1. The number of carboxylic acid groups (broad SMARTS) is 1. The van der Waals surface area contributed by atoms with Crippen LogP contribution in [0.5, 0.6) is 0 Å². The van der Waals surface area contributed by atoms with Crippen molar-refractivity contribution in [1.29, 1.82) is 0 Å². The lowest BCUT2D eigenvalue weighted by Crippen LogP contribution is -2.40. The summed E-state index contributed by atoms with van der Waals surface area (Å²) in [4.78, 5) is 29.1. The lowest BCUT2D eigenvalue weighted by atomic mass is 9.77. The maximum Gasteiger partial charge on any atom is 0.416 e. The quantitative estimate of drug-likeness (QED) is 0.192. The Morgan fingerprint density at radius 3 is 2.00 bits per heavy atom. The minimum Gasteiger partial charge on any atom is -0.481 e. The van der Waals surface area contributed by atoms with Crippen LogP contribution in [0.2, 0.25) is 0 Å². The number of carbonyl (C=O) groups excluding carboxylic acids is 1. The number of ketones is 1. The number of aliphatic hydroxyl groups is 1. The van der Waals surface area contributed by atoms with Crippen LogP contribution in [0.25, 0.3) is 11.1 Å². The third-order valence-corrected chi connectivity index (χ3v) is 8.73. The number of halogens is 7. The zero-order chi connectivity index (χ0) is 34.0. The number of benzene rings is 2. The molecule has 3 N–H and O–H groups in total. The van der Waals surface area contributed by atoms with Gasteiger partial charge in [-0.1, -0.05) is 6.07 Å². The summed E-state index contributed by atoms with van der Waals surface area (Å²) in [6.07, 6.45) is -5.95. The number of aryl methyl sites for hydroxylation is 1. The zero-order valence-electron chi connectivity index (χ0n) is 25.0. The van der Waals surface area contributed by atoms with Gasteiger partial charge in [0.15, 0.2) is 5.78 Å². The summed E-state index contributed by atoms with van der Waals surface area (Å²) in [6.45, 7) is 1.08. The van der Waals surface area contributed by atoms with Crippen LogP contribution in [0.4, 0.5) is 36.4 Å². The maximum atomic E-state index is 14.0. The smallest absolute Gasteiger partial charge is 0.416 e. The molecule has 1 unspecified atom stereocenters. The Morgan fingerprint density at radius 2 is 1.48 bits per heavy atom. The van der Waals surface area contributed by atoms with E-state index < -0.39 is 65.2 Å². The number of Topliss-reactive ketones (excluding diaryl/α,β-unsaturated/α-hetero) is 1. The van der Waals surface area contributed by atoms with Gasteiger partial charge in [0.1, 0.15) is 5.82 Å². The highest BCUT2D eigenvalue weighted by Crippen LogP contribution is 2.41. The summed E-state index contributed by atoms with van der Waals surface area (Å²) < 4.78 is 95.1. The molecule has 0 spiro atoms. The Morgan fingerprint density at radius 1 is 0.891 bits per heavy atom. The Bertz CT molecular complexity index is 1570. The van der Waals surface area contributed by atoms with E-state index in [0.717, 1.165) is 6.92 Å². The average molecular weight is 655 g/mol. The standard InChI is InChI=1S/C33H33F7N2O4/c1-18-9-24(34)7-8-25(18)26-14-27(20-5-3-19(4-6-20)10-30(45)46)41-15-28(26)42-16-29(44)31(2,17-43)21-11-22(32(35,36)37)13-23(12-21)33(38,39)40/h7-9,11-15,19-20,42-43H,3-6,10,16-17H2,1-2H3,(H,45,46). The molecule has 46 heavy (non-hydrogen) atoms. The first-order chi connectivity index (χ1) is 21.4. The van der Waals surface area contributed by atoms with Crippen LogP contribution in [-0.4, -0.2) is 40.1 Å². The third-order valence-electron chi connectivity index (χ3n) is 8.73. The molecule has 0 amide bonds. The van der Waals surface area contributed by atoms with Crippen molar-refractivity contribution in [1.82, 2.24) is 4.98 Å². The number of hydrogen-bond donors (Lipinski definition) is 3. The number of aliphatic hydroxyl groups excluding tert-OH is 1. The molecule has 1 aliphatic rings. The SMILES string of the molecule is Cc1cc(F)ccc1-c1cc(C2CCC(CC(=O)O)CC2)ncc1NCC(=O)C(C)(CO)c1cc(C(F)(F)F)cc(C(F)(F)F)c1. The second-order valence-electron chi connectivity index (χ2n) is 12.0. The molecule has 1 aliphatic carbocycles. The van der Waals surface area contributed by atoms with Gasteiger partial charge in [-0.25, -0.2) is 4.39 Å². The molecular weight excluding hydrogens is 621 g/mol. The number of rotatable bonds is 10. The van der Waals surface area contributed by atoms with Crippen molar-refractivity contribution < 1.29 is 50.5 Å². The number of aromatic nitrogens is 1. The number of anilines is 1. The summed E-state index contributed by atoms with van der Waals surface area (Å²) >= 11 is 0. The van der Waals surface area contributed by atoms with Gasteiger partial charge in [0.25, 0.3) is 0 Å². The van der Waals surface area contributed by atoms with Crippen LogP contribution in [0.1, 0.15) is 72.9 Å². The normalized spacial score (nSPS) is 18.6. The highest BCUT2D eigenvalue weighted by Gasteiger charge is 2.41. The topological polar surface area (TPSA) is 99.5 Å².